The molecule has 0 spiro atoms. The molecule has 2 aromatic carbocycles. The predicted octanol–water partition coefficient (Wildman–Crippen LogP) is 1.75. The van der Waals surface area contributed by atoms with Gasteiger partial charge in [-0.25, -0.2) is 4.68 Å². The summed E-state index contributed by atoms with van der Waals surface area (Å²) in [6, 6.07) is 16.5. The lowest BCUT2D eigenvalue weighted by atomic mass is 10.1. The zero-order valence-corrected chi connectivity index (χ0v) is 14.2. The Morgan fingerprint density at radius 2 is 1.92 bits per heavy atom. The van der Waals surface area contributed by atoms with Gasteiger partial charge in [0.15, 0.2) is 0 Å². The molecule has 0 unspecified atom stereocenters. The Bertz CT molecular complexity index is 1060. The van der Waals surface area contributed by atoms with Crippen molar-refractivity contribution in [1.82, 2.24) is 15.1 Å². The molecule has 6 heteroatoms. The summed E-state index contributed by atoms with van der Waals surface area (Å²) in [5.41, 5.74) is -0.104. The molecule has 3 aromatic rings. The summed E-state index contributed by atoms with van der Waals surface area (Å²) in [5.74, 6) is 6.08. The Morgan fingerprint density at radius 1 is 1.12 bits per heavy atom. The van der Waals surface area contributed by atoms with Gasteiger partial charge in [-0.05, 0) is 17.5 Å². The number of nitrogens with zero attached hydrogens (tertiary/aromatic N) is 2. The van der Waals surface area contributed by atoms with Crippen LogP contribution in [-0.4, -0.2) is 28.8 Å². The van der Waals surface area contributed by atoms with Gasteiger partial charge in [0.1, 0.15) is 18.1 Å². The molecular weight excluding hydrogens is 330 g/mol. The predicted molar refractivity (Wildman–Crippen MR) is 99.0 cm³/mol. The minimum Gasteiger partial charge on any atom is -0.480 e. The SMILES string of the molecule is Cn1nc(C(=O)NCC#CCOc2cccc3ccccc23)ccc1=O. The van der Waals surface area contributed by atoms with Crippen molar-refractivity contribution >= 4 is 16.7 Å². The molecule has 1 amide bonds. The molecule has 0 fully saturated rings. The molecular formula is C20H17N3O3. The van der Waals surface area contributed by atoms with Crippen LogP contribution in [0.3, 0.4) is 0 Å². The number of nitrogens with one attached hydrogen (secondary N) is 1. The molecule has 3 rings (SSSR count). The minimum atomic E-state index is -0.384. The minimum absolute atomic E-state index is 0.168. The van der Waals surface area contributed by atoms with E-state index in [1.165, 1.54) is 19.2 Å². The Labute approximate surface area is 150 Å². The summed E-state index contributed by atoms with van der Waals surface area (Å²) in [4.78, 5) is 23.2. The number of rotatable bonds is 4. The number of carbonyl (C=O) groups is 1. The lowest BCUT2D eigenvalue weighted by Gasteiger charge is -2.06. The number of carbonyl (C=O) groups excluding carboxylic acids is 1. The fourth-order valence-electron chi connectivity index (χ4n) is 2.39. The van der Waals surface area contributed by atoms with E-state index < -0.39 is 0 Å². The van der Waals surface area contributed by atoms with Gasteiger partial charge in [-0.3, -0.25) is 9.59 Å². The van der Waals surface area contributed by atoms with E-state index in [9.17, 15) is 9.59 Å². The molecule has 0 atom stereocenters. The van der Waals surface area contributed by atoms with Gasteiger partial charge in [-0.2, -0.15) is 5.10 Å². The molecule has 0 saturated carbocycles. The summed E-state index contributed by atoms with van der Waals surface area (Å²) >= 11 is 0. The van der Waals surface area contributed by atoms with Crippen LogP contribution < -0.4 is 15.6 Å². The maximum atomic E-state index is 11.9. The number of hydrogen-bond acceptors (Lipinski definition) is 4. The van der Waals surface area contributed by atoms with Crippen molar-refractivity contribution < 1.29 is 9.53 Å². The van der Waals surface area contributed by atoms with Crippen molar-refractivity contribution in [3.8, 4) is 17.6 Å². The molecule has 0 aliphatic rings. The molecule has 0 bridgehead atoms. The van der Waals surface area contributed by atoms with E-state index in [1.807, 2.05) is 42.5 Å². The first-order chi connectivity index (χ1) is 12.6. The normalized spacial score (nSPS) is 10.0. The highest BCUT2D eigenvalue weighted by Gasteiger charge is 2.06. The van der Waals surface area contributed by atoms with E-state index in [4.69, 9.17) is 4.74 Å². The van der Waals surface area contributed by atoms with E-state index in [0.29, 0.717) is 0 Å². The van der Waals surface area contributed by atoms with Gasteiger partial charge in [0.25, 0.3) is 11.5 Å². The van der Waals surface area contributed by atoms with Gasteiger partial charge in [0, 0.05) is 18.5 Å². The zero-order valence-electron chi connectivity index (χ0n) is 14.2. The highest BCUT2D eigenvalue weighted by atomic mass is 16.5. The molecule has 0 aliphatic heterocycles. The first-order valence-corrected chi connectivity index (χ1v) is 8.04. The summed E-state index contributed by atoms with van der Waals surface area (Å²) < 4.78 is 6.81. The summed E-state index contributed by atoms with van der Waals surface area (Å²) in [5, 5.41) is 8.64. The number of aromatic nitrogens is 2. The standard InChI is InChI=1S/C20H17N3O3/c1-23-19(24)12-11-17(22-23)20(25)21-13-4-5-14-26-18-10-6-8-15-7-2-3-9-16(15)18/h2-3,6-12H,13-14H2,1H3,(H,21,25). The van der Waals surface area contributed by atoms with E-state index in [2.05, 4.69) is 22.3 Å². The van der Waals surface area contributed by atoms with Gasteiger partial charge < -0.3 is 10.1 Å². The Morgan fingerprint density at radius 3 is 2.77 bits per heavy atom. The van der Waals surface area contributed by atoms with Gasteiger partial charge in [0.2, 0.25) is 0 Å². The average molecular weight is 347 g/mol. The van der Waals surface area contributed by atoms with Gasteiger partial charge in [0.05, 0.1) is 6.54 Å². The van der Waals surface area contributed by atoms with Crippen LogP contribution in [-0.2, 0) is 7.05 Å². The van der Waals surface area contributed by atoms with Gasteiger partial charge >= 0.3 is 0 Å². The highest BCUT2D eigenvalue weighted by Crippen LogP contribution is 2.24. The van der Waals surface area contributed by atoms with Crippen molar-refractivity contribution in [3.05, 3.63) is 70.6 Å². The Balaban J connectivity index is 1.52. The average Bonchev–Trinajstić information content (AvgIpc) is 2.66. The van der Waals surface area contributed by atoms with Crippen LogP contribution >= 0.6 is 0 Å². The maximum absolute atomic E-state index is 11.9. The van der Waals surface area contributed by atoms with Crippen LogP contribution in [0.1, 0.15) is 10.5 Å². The van der Waals surface area contributed by atoms with Crippen molar-refractivity contribution in [2.24, 2.45) is 7.05 Å². The van der Waals surface area contributed by atoms with Gasteiger partial charge in [-0.1, -0.05) is 48.2 Å². The van der Waals surface area contributed by atoms with E-state index in [1.54, 1.807) is 0 Å². The zero-order chi connectivity index (χ0) is 18.4. The lowest BCUT2D eigenvalue weighted by Crippen LogP contribution is -2.28. The molecule has 26 heavy (non-hydrogen) atoms. The van der Waals surface area contributed by atoms with Crippen molar-refractivity contribution in [2.75, 3.05) is 13.2 Å². The number of ether oxygens (including phenoxy) is 1. The molecule has 1 aromatic heterocycles. The summed E-state index contributed by atoms with van der Waals surface area (Å²) in [6.45, 7) is 0.393. The quantitative estimate of drug-likeness (QED) is 0.730. The number of amides is 1. The molecule has 0 aliphatic carbocycles. The van der Waals surface area contributed by atoms with Crippen LogP contribution in [0, 0.1) is 11.8 Å². The molecule has 130 valence electrons. The maximum Gasteiger partial charge on any atom is 0.272 e. The lowest BCUT2D eigenvalue weighted by molar-refractivity contribution is 0.0951. The molecule has 1 heterocycles. The van der Waals surface area contributed by atoms with Crippen LogP contribution in [0.2, 0.25) is 0 Å². The monoisotopic (exact) mass is 347 g/mol. The third-order valence-corrected chi connectivity index (χ3v) is 3.70. The summed E-state index contributed by atoms with van der Waals surface area (Å²) in [6.07, 6.45) is 0. The first-order valence-electron chi connectivity index (χ1n) is 8.04. The molecule has 0 saturated heterocycles. The number of aryl methyl sites for hydroxylation is 1. The van der Waals surface area contributed by atoms with E-state index in [-0.39, 0.29) is 30.3 Å². The van der Waals surface area contributed by atoms with E-state index in [0.717, 1.165) is 21.2 Å². The van der Waals surface area contributed by atoms with Crippen LogP contribution in [0.15, 0.2) is 59.4 Å². The molecule has 0 radical (unpaired) electrons. The van der Waals surface area contributed by atoms with Crippen LogP contribution in [0.5, 0.6) is 5.75 Å². The van der Waals surface area contributed by atoms with Crippen LogP contribution in [0.25, 0.3) is 10.8 Å². The third kappa shape index (κ3) is 4.08. The highest BCUT2D eigenvalue weighted by molar-refractivity contribution is 5.92. The topological polar surface area (TPSA) is 73.2 Å². The second-order valence-electron chi connectivity index (χ2n) is 5.48. The fourth-order valence-corrected chi connectivity index (χ4v) is 2.39. The van der Waals surface area contributed by atoms with Gasteiger partial charge in [-0.15, -0.1) is 0 Å². The molecule has 1 N–H and O–H groups in total. The van der Waals surface area contributed by atoms with Crippen molar-refractivity contribution in [1.29, 1.82) is 0 Å². The second-order valence-corrected chi connectivity index (χ2v) is 5.48. The number of benzene rings is 2. The van der Waals surface area contributed by atoms with Crippen LogP contribution in [0.4, 0.5) is 0 Å². The second kappa shape index (κ2) is 7.99. The summed E-state index contributed by atoms with van der Waals surface area (Å²) in [7, 11) is 1.49. The first kappa shape index (κ1) is 17.2. The fraction of sp³-hybridized carbons (Fsp3) is 0.150. The molecule has 6 nitrogen and oxygen atoms in total. The smallest absolute Gasteiger partial charge is 0.272 e. The third-order valence-electron chi connectivity index (χ3n) is 3.70. The largest absolute Gasteiger partial charge is 0.480 e. The number of fused-ring (bicyclic) bond motifs is 1. The van der Waals surface area contributed by atoms with Crippen molar-refractivity contribution in [2.45, 2.75) is 0 Å². The Kier molecular flexibility index (Phi) is 5.30. The Hall–Kier alpha value is -3.59. The number of hydrogen-bond donors (Lipinski definition) is 1. The van der Waals surface area contributed by atoms with Crippen molar-refractivity contribution in [3.63, 3.8) is 0 Å². The van der Waals surface area contributed by atoms with E-state index >= 15 is 0 Å².